The Kier molecular flexibility index (Phi) is 9.12. The number of aryl methyl sites for hydroxylation is 1. The molecule has 0 atom stereocenters. The quantitative estimate of drug-likeness (QED) is 0.171. The van der Waals surface area contributed by atoms with E-state index in [1.165, 1.54) is 4.68 Å². The maximum Gasteiger partial charge on any atom is 0.282 e. The van der Waals surface area contributed by atoms with Crippen molar-refractivity contribution < 1.29 is 9.53 Å². The summed E-state index contributed by atoms with van der Waals surface area (Å²) >= 11 is 7.76. The lowest BCUT2D eigenvalue weighted by Gasteiger charge is -2.12. The van der Waals surface area contributed by atoms with Gasteiger partial charge in [0, 0.05) is 16.6 Å². The van der Waals surface area contributed by atoms with Crippen LogP contribution in [-0.4, -0.2) is 28.4 Å². The number of nitrogens with zero attached hydrogens (tertiary/aromatic N) is 3. The van der Waals surface area contributed by atoms with Gasteiger partial charge in [-0.1, -0.05) is 41.1 Å². The molecule has 1 N–H and O–H groups in total. The highest BCUT2D eigenvalue weighted by molar-refractivity contribution is 14.1. The molecule has 0 saturated heterocycles. The van der Waals surface area contributed by atoms with Crippen molar-refractivity contribution in [2.75, 3.05) is 11.9 Å². The van der Waals surface area contributed by atoms with Gasteiger partial charge in [-0.2, -0.15) is 9.78 Å². The maximum absolute atomic E-state index is 13.2. The van der Waals surface area contributed by atoms with Gasteiger partial charge < -0.3 is 10.1 Å². The van der Waals surface area contributed by atoms with Crippen molar-refractivity contribution in [3.05, 3.63) is 94.0 Å². The van der Waals surface area contributed by atoms with Crippen LogP contribution >= 0.6 is 61.1 Å². The van der Waals surface area contributed by atoms with Crippen molar-refractivity contribution >= 4 is 89.8 Å². The van der Waals surface area contributed by atoms with Crippen LogP contribution in [0.2, 0.25) is 0 Å². The lowest BCUT2D eigenvalue weighted by atomic mass is 10.2. The first-order chi connectivity index (χ1) is 17.4. The molecule has 4 aromatic rings. The monoisotopic (exact) mass is 770 g/mol. The Morgan fingerprint density at radius 3 is 2.56 bits per heavy atom. The summed E-state index contributed by atoms with van der Waals surface area (Å²) in [6, 6.07) is 18.5. The first-order valence-electron chi connectivity index (χ1n) is 11.1. The summed E-state index contributed by atoms with van der Waals surface area (Å²) in [5.41, 5.74) is 1.96. The largest absolute Gasteiger partial charge is 0.482 e. The molecule has 0 radical (unpaired) electrons. The van der Waals surface area contributed by atoms with E-state index in [2.05, 4.69) is 76.5 Å². The van der Waals surface area contributed by atoms with Gasteiger partial charge in [0.25, 0.3) is 11.5 Å². The standard InChI is InChI=1S/C26H21BrI2N4O3/c1-2-6-23-32-22-10-9-17(27)13-19(22)26(35)33(23)30-14-16-11-20(28)25(21(29)12-16)36-15-24(34)31-18-7-4-3-5-8-18/h3-5,7-14H,2,6,15H2,1H3,(H,31,34). The van der Waals surface area contributed by atoms with Crippen molar-refractivity contribution in [1.82, 2.24) is 9.66 Å². The number of amides is 1. The number of carbonyl (C=O) groups is 1. The molecule has 0 fully saturated rings. The Morgan fingerprint density at radius 2 is 1.86 bits per heavy atom. The van der Waals surface area contributed by atoms with Gasteiger partial charge >= 0.3 is 0 Å². The van der Waals surface area contributed by atoms with E-state index in [1.54, 1.807) is 12.3 Å². The van der Waals surface area contributed by atoms with Gasteiger partial charge in [-0.15, -0.1) is 0 Å². The number of benzene rings is 3. The lowest BCUT2D eigenvalue weighted by Crippen LogP contribution is -2.22. The van der Waals surface area contributed by atoms with Crippen LogP contribution in [0, 0.1) is 7.14 Å². The average molecular weight is 771 g/mol. The van der Waals surface area contributed by atoms with Gasteiger partial charge in [0.1, 0.15) is 11.6 Å². The van der Waals surface area contributed by atoms with Crippen LogP contribution in [0.5, 0.6) is 5.75 Å². The maximum atomic E-state index is 13.2. The Labute approximate surface area is 243 Å². The molecule has 0 saturated carbocycles. The fourth-order valence-corrected chi connectivity index (χ4v) is 5.96. The smallest absolute Gasteiger partial charge is 0.282 e. The van der Waals surface area contributed by atoms with E-state index >= 15 is 0 Å². The topological polar surface area (TPSA) is 85.6 Å². The van der Waals surface area contributed by atoms with E-state index in [-0.39, 0.29) is 18.1 Å². The first kappa shape index (κ1) is 26.7. The molecule has 0 bridgehead atoms. The zero-order valence-electron chi connectivity index (χ0n) is 19.2. The van der Waals surface area contributed by atoms with E-state index in [9.17, 15) is 9.59 Å². The zero-order valence-corrected chi connectivity index (χ0v) is 25.1. The van der Waals surface area contributed by atoms with Gasteiger partial charge in [0.15, 0.2) is 6.61 Å². The second-order valence-corrected chi connectivity index (χ2v) is 11.1. The average Bonchev–Trinajstić information content (AvgIpc) is 2.84. The highest BCUT2D eigenvalue weighted by Crippen LogP contribution is 2.28. The van der Waals surface area contributed by atoms with Crippen LogP contribution < -0.4 is 15.6 Å². The highest BCUT2D eigenvalue weighted by atomic mass is 127. The Bertz CT molecular complexity index is 1480. The Morgan fingerprint density at radius 1 is 1.14 bits per heavy atom. The van der Waals surface area contributed by atoms with Gasteiger partial charge in [0.2, 0.25) is 0 Å². The minimum Gasteiger partial charge on any atom is -0.482 e. The number of aromatic nitrogens is 2. The number of fused-ring (bicyclic) bond motifs is 1. The van der Waals surface area contributed by atoms with Crippen LogP contribution in [0.3, 0.4) is 0 Å². The third-order valence-electron chi connectivity index (χ3n) is 5.10. The number of para-hydroxylation sites is 1. The molecule has 7 nitrogen and oxygen atoms in total. The van der Waals surface area contributed by atoms with E-state index in [0.29, 0.717) is 28.9 Å². The lowest BCUT2D eigenvalue weighted by molar-refractivity contribution is -0.118. The minimum atomic E-state index is -0.239. The molecule has 4 rings (SSSR count). The van der Waals surface area contributed by atoms with Crippen molar-refractivity contribution in [2.45, 2.75) is 19.8 Å². The van der Waals surface area contributed by atoms with Crippen molar-refractivity contribution in [2.24, 2.45) is 5.10 Å². The second kappa shape index (κ2) is 12.3. The molecular weight excluding hydrogens is 750 g/mol. The minimum absolute atomic E-state index is 0.109. The number of hydrogen-bond donors (Lipinski definition) is 1. The number of carbonyl (C=O) groups excluding carboxylic acids is 1. The summed E-state index contributed by atoms with van der Waals surface area (Å²) in [6.45, 7) is 1.93. The molecule has 1 amide bonds. The van der Waals surface area contributed by atoms with Crippen LogP contribution in [0.4, 0.5) is 5.69 Å². The molecule has 0 spiro atoms. The van der Waals surface area contributed by atoms with E-state index in [1.807, 2.05) is 61.5 Å². The van der Waals surface area contributed by atoms with Crippen LogP contribution in [0.1, 0.15) is 24.7 Å². The summed E-state index contributed by atoms with van der Waals surface area (Å²) in [7, 11) is 0. The Hall–Kier alpha value is -2.32. The first-order valence-corrected chi connectivity index (χ1v) is 14.0. The molecule has 36 heavy (non-hydrogen) atoms. The number of rotatable bonds is 8. The molecule has 0 aliphatic rings. The highest BCUT2D eigenvalue weighted by Gasteiger charge is 2.13. The molecular formula is C26H21BrI2N4O3. The van der Waals surface area contributed by atoms with E-state index < -0.39 is 0 Å². The third-order valence-corrected chi connectivity index (χ3v) is 7.19. The fourth-order valence-electron chi connectivity index (χ4n) is 3.47. The van der Waals surface area contributed by atoms with Gasteiger partial charge in [0.05, 0.1) is 24.3 Å². The van der Waals surface area contributed by atoms with Crippen LogP contribution in [0.15, 0.2) is 75.0 Å². The summed E-state index contributed by atoms with van der Waals surface area (Å²) in [4.78, 5) is 30.1. The zero-order chi connectivity index (χ0) is 25.7. The molecule has 1 aromatic heterocycles. The van der Waals surface area contributed by atoms with Gasteiger partial charge in [-0.3, -0.25) is 9.59 Å². The molecule has 1 heterocycles. The number of hydrogen-bond acceptors (Lipinski definition) is 5. The van der Waals surface area contributed by atoms with E-state index in [0.717, 1.165) is 29.3 Å². The van der Waals surface area contributed by atoms with Crippen LogP contribution in [0.25, 0.3) is 10.9 Å². The summed E-state index contributed by atoms with van der Waals surface area (Å²) < 4.78 is 9.65. The van der Waals surface area contributed by atoms with Crippen molar-refractivity contribution in [1.29, 1.82) is 0 Å². The summed E-state index contributed by atoms with van der Waals surface area (Å²) in [5.74, 6) is 0.997. The predicted octanol–water partition coefficient (Wildman–Crippen LogP) is 6.22. The second-order valence-electron chi connectivity index (χ2n) is 7.82. The number of ether oxygens (including phenoxy) is 1. The van der Waals surface area contributed by atoms with Crippen molar-refractivity contribution in [3.8, 4) is 5.75 Å². The number of nitrogens with one attached hydrogen (secondary N) is 1. The fraction of sp³-hybridized carbons (Fsp3) is 0.154. The molecule has 3 aromatic carbocycles. The number of anilines is 1. The molecule has 184 valence electrons. The van der Waals surface area contributed by atoms with Gasteiger partial charge in [-0.25, -0.2) is 4.98 Å². The SMILES string of the molecule is CCCc1nc2ccc(Br)cc2c(=O)n1N=Cc1cc(I)c(OCC(=O)Nc2ccccc2)c(I)c1. The van der Waals surface area contributed by atoms with E-state index in [4.69, 9.17) is 4.74 Å². The third kappa shape index (κ3) is 6.51. The predicted molar refractivity (Wildman–Crippen MR) is 163 cm³/mol. The number of halogens is 3. The van der Waals surface area contributed by atoms with Crippen LogP contribution in [-0.2, 0) is 11.2 Å². The Balaban J connectivity index is 1.56. The van der Waals surface area contributed by atoms with Crippen molar-refractivity contribution in [3.63, 3.8) is 0 Å². The molecule has 0 unspecified atom stereocenters. The summed E-state index contributed by atoms with van der Waals surface area (Å²) in [6.07, 6.45) is 3.11. The molecule has 0 aliphatic carbocycles. The molecule has 10 heteroatoms. The summed E-state index contributed by atoms with van der Waals surface area (Å²) in [5, 5.41) is 7.81. The normalized spacial score (nSPS) is 11.2. The van der Waals surface area contributed by atoms with Gasteiger partial charge in [-0.05, 0) is 99.6 Å². The molecule has 0 aliphatic heterocycles.